The monoisotopic (exact) mass is 380 g/mol. The average molecular weight is 380 g/mol. The highest BCUT2D eigenvalue weighted by atomic mass is 16.5. The molecule has 1 heterocycles. The third kappa shape index (κ3) is 4.06. The summed E-state index contributed by atoms with van der Waals surface area (Å²) in [6.45, 7) is 8.99. The van der Waals surface area contributed by atoms with E-state index in [4.69, 9.17) is 14.0 Å². The molecule has 0 unspecified atom stereocenters. The fourth-order valence-electron chi connectivity index (χ4n) is 2.86. The summed E-state index contributed by atoms with van der Waals surface area (Å²) in [4.78, 5) is 16.1. The zero-order valence-electron chi connectivity index (χ0n) is 16.8. The SMILES string of the molecule is CCOc1ccc(-c2noc(-c3ccc(C(=O)OC)cc3)n2)cc1C(C)(C)C. The molecule has 0 bridgehead atoms. The molecule has 0 atom stereocenters. The molecule has 0 saturated carbocycles. The summed E-state index contributed by atoms with van der Waals surface area (Å²) in [5.74, 6) is 1.36. The summed E-state index contributed by atoms with van der Waals surface area (Å²) in [6.07, 6.45) is 0. The normalized spacial score (nSPS) is 11.3. The summed E-state index contributed by atoms with van der Waals surface area (Å²) in [7, 11) is 1.35. The zero-order valence-corrected chi connectivity index (χ0v) is 16.8. The van der Waals surface area contributed by atoms with Gasteiger partial charge in [-0.3, -0.25) is 0 Å². The molecule has 0 aliphatic rings. The Hall–Kier alpha value is -3.15. The van der Waals surface area contributed by atoms with Gasteiger partial charge in [-0.2, -0.15) is 4.98 Å². The van der Waals surface area contributed by atoms with Crippen LogP contribution in [0.2, 0.25) is 0 Å². The van der Waals surface area contributed by atoms with Crippen LogP contribution in [0.25, 0.3) is 22.8 Å². The lowest BCUT2D eigenvalue weighted by molar-refractivity contribution is 0.0600. The van der Waals surface area contributed by atoms with Gasteiger partial charge in [-0.25, -0.2) is 4.79 Å². The Kier molecular flexibility index (Phi) is 5.49. The lowest BCUT2D eigenvalue weighted by Crippen LogP contribution is -2.13. The van der Waals surface area contributed by atoms with Crippen molar-refractivity contribution in [3.05, 3.63) is 53.6 Å². The van der Waals surface area contributed by atoms with Crippen molar-refractivity contribution < 1.29 is 18.8 Å². The van der Waals surface area contributed by atoms with Crippen molar-refractivity contribution in [3.63, 3.8) is 0 Å². The smallest absolute Gasteiger partial charge is 0.337 e. The van der Waals surface area contributed by atoms with Gasteiger partial charge in [0.25, 0.3) is 5.89 Å². The number of rotatable bonds is 5. The van der Waals surface area contributed by atoms with Crippen molar-refractivity contribution in [1.29, 1.82) is 0 Å². The predicted octanol–water partition coefficient (Wildman–Crippen LogP) is 4.89. The van der Waals surface area contributed by atoms with Gasteiger partial charge in [0.1, 0.15) is 5.75 Å². The molecule has 0 amide bonds. The number of carbonyl (C=O) groups excluding carboxylic acids is 1. The van der Waals surface area contributed by atoms with E-state index in [1.165, 1.54) is 7.11 Å². The first kappa shape index (κ1) is 19.6. The summed E-state index contributed by atoms with van der Waals surface area (Å²) >= 11 is 0. The summed E-state index contributed by atoms with van der Waals surface area (Å²) in [6, 6.07) is 12.7. The Labute approximate surface area is 164 Å². The van der Waals surface area contributed by atoms with Gasteiger partial charge in [0.2, 0.25) is 5.82 Å². The van der Waals surface area contributed by atoms with Gasteiger partial charge >= 0.3 is 5.97 Å². The van der Waals surface area contributed by atoms with Crippen LogP contribution in [0.1, 0.15) is 43.6 Å². The number of ether oxygens (including phenoxy) is 2. The van der Waals surface area contributed by atoms with Gasteiger partial charge in [-0.1, -0.05) is 25.9 Å². The molecule has 6 heteroatoms. The van der Waals surface area contributed by atoms with E-state index in [0.717, 1.165) is 22.4 Å². The maximum atomic E-state index is 11.6. The number of aromatic nitrogens is 2. The van der Waals surface area contributed by atoms with Crippen LogP contribution >= 0.6 is 0 Å². The van der Waals surface area contributed by atoms with Crippen LogP contribution in [-0.2, 0) is 10.2 Å². The molecule has 0 saturated heterocycles. The van der Waals surface area contributed by atoms with Crippen molar-refractivity contribution in [3.8, 4) is 28.6 Å². The average Bonchev–Trinajstić information content (AvgIpc) is 3.17. The second-order valence-corrected chi connectivity index (χ2v) is 7.39. The zero-order chi connectivity index (χ0) is 20.3. The first-order valence-electron chi connectivity index (χ1n) is 9.13. The molecule has 0 spiro atoms. The number of esters is 1. The van der Waals surface area contributed by atoms with Crippen LogP contribution < -0.4 is 4.74 Å². The van der Waals surface area contributed by atoms with E-state index in [2.05, 4.69) is 30.9 Å². The molecule has 1 aromatic heterocycles. The largest absolute Gasteiger partial charge is 0.494 e. The van der Waals surface area contributed by atoms with Gasteiger partial charge in [-0.15, -0.1) is 0 Å². The van der Waals surface area contributed by atoms with E-state index in [1.54, 1.807) is 24.3 Å². The molecule has 0 aliphatic carbocycles. The summed E-state index contributed by atoms with van der Waals surface area (Å²) < 4.78 is 15.9. The lowest BCUT2D eigenvalue weighted by Gasteiger charge is -2.23. The minimum absolute atomic E-state index is 0.0865. The third-order valence-corrected chi connectivity index (χ3v) is 4.32. The molecule has 3 aromatic rings. The maximum Gasteiger partial charge on any atom is 0.337 e. The second kappa shape index (κ2) is 7.84. The highest BCUT2D eigenvalue weighted by Gasteiger charge is 2.21. The first-order chi connectivity index (χ1) is 13.3. The highest BCUT2D eigenvalue weighted by Crippen LogP contribution is 2.35. The fraction of sp³-hybridized carbons (Fsp3) is 0.318. The Balaban J connectivity index is 1.92. The lowest BCUT2D eigenvalue weighted by atomic mass is 9.85. The molecule has 2 aromatic carbocycles. The van der Waals surface area contributed by atoms with E-state index < -0.39 is 0 Å². The van der Waals surface area contributed by atoms with Crippen LogP contribution in [-0.4, -0.2) is 29.8 Å². The van der Waals surface area contributed by atoms with Crippen LogP contribution in [0.15, 0.2) is 47.0 Å². The van der Waals surface area contributed by atoms with Crippen molar-refractivity contribution >= 4 is 5.97 Å². The highest BCUT2D eigenvalue weighted by molar-refractivity contribution is 5.89. The summed E-state index contributed by atoms with van der Waals surface area (Å²) in [5.41, 5.74) is 3.05. The Morgan fingerprint density at radius 2 is 1.75 bits per heavy atom. The Morgan fingerprint density at radius 3 is 2.36 bits per heavy atom. The molecule has 0 N–H and O–H groups in total. The second-order valence-electron chi connectivity index (χ2n) is 7.39. The summed E-state index contributed by atoms with van der Waals surface area (Å²) in [5, 5.41) is 4.12. The van der Waals surface area contributed by atoms with Crippen molar-refractivity contribution in [1.82, 2.24) is 10.1 Å². The van der Waals surface area contributed by atoms with Crippen molar-refractivity contribution in [2.75, 3.05) is 13.7 Å². The number of nitrogens with zero attached hydrogens (tertiary/aromatic N) is 2. The quantitative estimate of drug-likeness (QED) is 0.587. The van der Waals surface area contributed by atoms with Crippen molar-refractivity contribution in [2.24, 2.45) is 0 Å². The van der Waals surface area contributed by atoms with Crippen LogP contribution in [0, 0.1) is 0 Å². The molecular weight excluding hydrogens is 356 g/mol. The van der Waals surface area contributed by atoms with Gasteiger partial charge in [-0.05, 0) is 54.8 Å². The topological polar surface area (TPSA) is 74.5 Å². The Bertz CT molecular complexity index is 969. The number of hydrogen-bond donors (Lipinski definition) is 0. The first-order valence-corrected chi connectivity index (χ1v) is 9.13. The van der Waals surface area contributed by atoms with E-state index >= 15 is 0 Å². The minimum Gasteiger partial charge on any atom is -0.494 e. The van der Waals surface area contributed by atoms with Crippen molar-refractivity contribution in [2.45, 2.75) is 33.1 Å². The van der Waals surface area contributed by atoms with E-state index in [0.29, 0.717) is 23.9 Å². The third-order valence-electron chi connectivity index (χ3n) is 4.32. The van der Waals surface area contributed by atoms with Gasteiger partial charge in [0.15, 0.2) is 0 Å². The standard InChI is InChI=1S/C22H24N2O4/c1-6-27-18-12-11-16(13-17(18)22(2,3)4)19-23-20(28-24-19)14-7-9-15(10-8-14)21(25)26-5/h7-13H,6H2,1-5H3. The van der Waals surface area contributed by atoms with Crippen LogP contribution in [0.3, 0.4) is 0 Å². The molecule has 0 aliphatic heterocycles. The fourth-order valence-corrected chi connectivity index (χ4v) is 2.86. The maximum absolute atomic E-state index is 11.6. The van der Waals surface area contributed by atoms with E-state index in [9.17, 15) is 4.79 Å². The van der Waals surface area contributed by atoms with Gasteiger partial charge in [0, 0.05) is 16.7 Å². The van der Waals surface area contributed by atoms with Gasteiger partial charge in [0.05, 0.1) is 19.3 Å². The van der Waals surface area contributed by atoms with E-state index in [1.807, 2.05) is 25.1 Å². The number of methoxy groups -OCH3 is 1. The minimum atomic E-state index is -0.387. The van der Waals surface area contributed by atoms with Crippen LogP contribution in [0.4, 0.5) is 0 Å². The van der Waals surface area contributed by atoms with E-state index in [-0.39, 0.29) is 11.4 Å². The van der Waals surface area contributed by atoms with Crippen LogP contribution in [0.5, 0.6) is 5.75 Å². The predicted molar refractivity (Wildman–Crippen MR) is 106 cm³/mol. The molecule has 6 nitrogen and oxygen atoms in total. The number of benzene rings is 2. The molecular formula is C22H24N2O4. The molecule has 0 fully saturated rings. The number of carbonyl (C=O) groups is 1. The van der Waals surface area contributed by atoms with Gasteiger partial charge < -0.3 is 14.0 Å². The molecule has 28 heavy (non-hydrogen) atoms. The molecule has 3 rings (SSSR count). The number of hydrogen-bond acceptors (Lipinski definition) is 6. The Morgan fingerprint density at radius 1 is 1.07 bits per heavy atom. The molecule has 146 valence electrons. The molecule has 0 radical (unpaired) electrons.